The number of hydrogen-bond acceptors (Lipinski definition) is 4. The molecule has 1 fully saturated rings. The van der Waals surface area contributed by atoms with Gasteiger partial charge < -0.3 is 15.2 Å². The van der Waals surface area contributed by atoms with Gasteiger partial charge in [-0.25, -0.2) is 0 Å². The number of hydrogen-bond donors (Lipinski definition) is 2. The van der Waals surface area contributed by atoms with Gasteiger partial charge in [-0.05, 0) is 46.1 Å². The number of ether oxygens (including phenoxy) is 1. The Morgan fingerprint density at radius 1 is 1.47 bits per heavy atom. The molecule has 0 spiro atoms. The van der Waals surface area contributed by atoms with E-state index in [2.05, 4.69) is 31.0 Å². The summed E-state index contributed by atoms with van der Waals surface area (Å²) in [6.45, 7) is 9.66. The summed E-state index contributed by atoms with van der Waals surface area (Å²) in [6, 6.07) is 1.09. The van der Waals surface area contributed by atoms with Crippen molar-refractivity contribution in [3.63, 3.8) is 0 Å². The Kier molecular flexibility index (Phi) is 7.29. The molecule has 2 unspecified atom stereocenters. The van der Waals surface area contributed by atoms with Crippen molar-refractivity contribution in [3.05, 3.63) is 0 Å². The summed E-state index contributed by atoms with van der Waals surface area (Å²) in [5.74, 6) is 0. The highest BCUT2D eigenvalue weighted by molar-refractivity contribution is 4.99. The van der Waals surface area contributed by atoms with Crippen molar-refractivity contribution in [3.8, 4) is 0 Å². The van der Waals surface area contributed by atoms with Crippen molar-refractivity contribution in [2.24, 2.45) is 0 Å². The van der Waals surface area contributed by atoms with E-state index in [-0.39, 0.29) is 12.1 Å². The van der Waals surface area contributed by atoms with Crippen molar-refractivity contribution >= 4 is 0 Å². The van der Waals surface area contributed by atoms with Crippen LogP contribution in [0.4, 0.5) is 0 Å². The molecule has 0 saturated heterocycles. The maximum Gasteiger partial charge on any atom is 0.0613 e. The van der Waals surface area contributed by atoms with Crippen molar-refractivity contribution in [1.82, 2.24) is 10.2 Å². The molecule has 19 heavy (non-hydrogen) atoms. The van der Waals surface area contributed by atoms with E-state index in [1.54, 1.807) is 7.11 Å². The van der Waals surface area contributed by atoms with Crippen LogP contribution in [0.15, 0.2) is 0 Å². The lowest BCUT2D eigenvalue weighted by atomic mass is 9.98. The van der Waals surface area contributed by atoms with Gasteiger partial charge in [-0.15, -0.1) is 0 Å². The Hall–Kier alpha value is -0.160. The molecule has 0 aliphatic heterocycles. The van der Waals surface area contributed by atoms with Gasteiger partial charge in [-0.3, -0.25) is 4.90 Å². The second-order valence-corrected chi connectivity index (χ2v) is 6.09. The van der Waals surface area contributed by atoms with Crippen LogP contribution in [0.5, 0.6) is 0 Å². The Balaban J connectivity index is 2.59. The summed E-state index contributed by atoms with van der Waals surface area (Å²) >= 11 is 0. The number of nitrogens with zero attached hydrogens (tertiary/aromatic N) is 1. The lowest BCUT2D eigenvalue weighted by Crippen LogP contribution is -2.49. The molecule has 0 bridgehead atoms. The van der Waals surface area contributed by atoms with Crippen molar-refractivity contribution in [2.45, 2.75) is 64.1 Å². The van der Waals surface area contributed by atoms with E-state index < -0.39 is 0 Å². The van der Waals surface area contributed by atoms with Gasteiger partial charge in [0.25, 0.3) is 0 Å². The molecule has 1 aliphatic rings. The van der Waals surface area contributed by atoms with Crippen LogP contribution >= 0.6 is 0 Å². The van der Waals surface area contributed by atoms with Crippen molar-refractivity contribution in [2.75, 3.05) is 33.4 Å². The van der Waals surface area contributed by atoms with E-state index in [4.69, 9.17) is 4.74 Å². The summed E-state index contributed by atoms with van der Waals surface area (Å²) in [5, 5.41) is 13.3. The van der Waals surface area contributed by atoms with E-state index >= 15 is 0 Å². The molecule has 4 heteroatoms. The maximum atomic E-state index is 9.75. The van der Waals surface area contributed by atoms with E-state index in [0.717, 1.165) is 39.0 Å². The van der Waals surface area contributed by atoms with Gasteiger partial charge in [0.2, 0.25) is 0 Å². The van der Waals surface area contributed by atoms with Crippen molar-refractivity contribution in [1.29, 1.82) is 0 Å². The summed E-state index contributed by atoms with van der Waals surface area (Å²) in [6.07, 6.45) is 4.40. The lowest BCUT2D eigenvalue weighted by molar-refractivity contribution is 0.0878. The molecule has 1 aliphatic carbocycles. The number of methoxy groups -OCH3 is 1. The van der Waals surface area contributed by atoms with Gasteiger partial charge in [-0.1, -0.05) is 6.92 Å². The Morgan fingerprint density at radius 3 is 2.74 bits per heavy atom. The number of rotatable bonds is 9. The molecule has 2 N–H and O–H groups in total. The van der Waals surface area contributed by atoms with Crippen LogP contribution in [0.3, 0.4) is 0 Å². The first-order valence-electron chi connectivity index (χ1n) is 7.69. The van der Waals surface area contributed by atoms with Gasteiger partial charge in [0.1, 0.15) is 0 Å². The minimum absolute atomic E-state index is 0.0547. The minimum Gasteiger partial charge on any atom is -0.394 e. The smallest absolute Gasteiger partial charge is 0.0613 e. The fraction of sp³-hybridized carbons (Fsp3) is 1.00. The topological polar surface area (TPSA) is 44.7 Å². The third kappa shape index (κ3) is 4.71. The van der Waals surface area contributed by atoms with Crippen LogP contribution in [0.1, 0.15) is 46.5 Å². The molecular weight excluding hydrogens is 240 g/mol. The SMILES string of the molecule is CCCNC1(CO)CCC(N(CCOC)C(C)C)C1. The standard InChI is InChI=1S/C15H32N2O2/c1-5-8-16-15(12-18)7-6-14(11-15)17(13(2)3)9-10-19-4/h13-14,16,18H,5-12H2,1-4H3. The number of aliphatic hydroxyl groups is 1. The van der Waals surface area contributed by atoms with Crippen LogP contribution in [0.25, 0.3) is 0 Å². The molecule has 1 rings (SSSR count). The van der Waals surface area contributed by atoms with Crippen LogP contribution in [0, 0.1) is 0 Å². The average Bonchev–Trinajstić information content (AvgIpc) is 2.81. The first-order chi connectivity index (χ1) is 9.08. The molecule has 0 aromatic heterocycles. The highest BCUT2D eigenvalue weighted by atomic mass is 16.5. The van der Waals surface area contributed by atoms with Gasteiger partial charge in [0.15, 0.2) is 0 Å². The van der Waals surface area contributed by atoms with Crippen LogP contribution in [-0.2, 0) is 4.74 Å². The largest absolute Gasteiger partial charge is 0.394 e. The molecule has 0 heterocycles. The minimum atomic E-state index is -0.0547. The van der Waals surface area contributed by atoms with Crippen LogP contribution in [0.2, 0.25) is 0 Å². The molecule has 0 radical (unpaired) electrons. The molecular formula is C15H32N2O2. The lowest BCUT2D eigenvalue weighted by Gasteiger charge is -2.34. The fourth-order valence-corrected chi connectivity index (χ4v) is 3.19. The third-order valence-corrected chi connectivity index (χ3v) is 4.32. The van der Waals surface area contributed by atoms with Gasteiger partial charge in [-0.2, -0.15) is 0 Å². The zero-order valence-electron chi connectivity index (χ0n) is 13.1. The molecule has 0 aromatic carbocycles. The maximum absolute atomic E-state index is 9.75. The second kappa shape index (κ2) is 8.20. The van der Waals surface area contributed by atoms with Gasteiger partial charge >= 0.3 is 0 Å². The highest BCUT2D eigenvalue weighted by Crippen LogP contribution is 2.33. The fourth-order valence-electron chi connectivity index (χ4n) is 3.19. The van der Waals surface area contributed by atoms with Gasteiger partial charge in [0, 0.05) is 31.3 Å². The third-order valence-electron chi connectivity index (χ3n) is 4.32. The number of nitrogens with one attached hydrogen (secondary N) is 1. The first-order valence-corrected chi connectivity index (χ1v) is 7.69. The van der Waals surface area contributed by atoms with E-state index in [1.807, 2.05) is 0 Å². The molecule has 1 saturated carbocycles. The van der Waals surface area contributed by atoms with E-state index in [9.17, 15) is 5.11 Å². The molecule has 4 nitrogen and oxygen atoms in total. The zero-order chi connectivity index (χ0) is 14.3. The Morgan fingerprint density at radius 2 is 2.21 bits per heavy atom. The normalized spacial score (nSPS) is 27.6. The average molecular weight is 272 g/mol. The van der Waals surface area contributed by atoms with Crippen LogP contribution in [-0.4, -0.2) is 61.0 Å². The van der Waals surface area contributed by atoms with Crippen molar-refractivity contribution < 1.29 is 9.84 Å². The van der Waals surface area contributed by atoms with Gasteiger partial charge in [0.05, 0.1) is 13.2 Å². The van der Waals surface area contributed by atoms with Crippen LogP contribution < -0.4 is 5.32 Å². The monoisotopic (exact) mass is 272 g/mol. The predicted molar refractivity (Wildman–Crippen MR) is 79.5 cm³/mol. The molecule has 114 valence electrons. The summed E-state index contributed by atoms with van der Waals surface area (Å²) < 4.78 is 5.22. The second-order valence-electron chi connectivity index (χ2n) is 6.09. The zero-order valence-corrected chi connectivity index (χ0v) is 13.1. The quantitative estimate of drug-likeness (QED) is 0.669. The Labute approximate surface area is 118 Å². The molecule has 0 aromatic rings. The van der Waals surface area contributed by atoms with E-state index in [0.29, 0.717) is 12.1 Å². The molecule has 0 amide bonds. The Bertz CT molecular complexity index is 248. The van der Waals surface area contributed by atoms with E-state index in [1.165, 1.54) is 6.42 Å². The number of aliphatic hydroxyl groups excluding tert-OH is 1. The first kappa shape index (κ1) is 16.9. The highest BCUT2D eigenvalue weighted by Gasteiger charge is 2.40. The summed E-state index contributed by atoms with van der Waals surface area (Å²) in [4.78, 5) is 2.52. The summed E-state index contributed by atoms with van der Waals surface area (Å²) in [7, 11) is 1.76. The predicted octanol–water partition coefficient (Wildman–Crippen LogP) is 1.63. The summed E-state index contributed by atoms with van der Waals surface area (Å²) in [5.41, 5.74) is -0.0547. The molecule has 2 atom stereocenters.